The molecule has 8 bridgehead atoms. The van der Waals surface area contributed by atoms with Crippen molar-refractivity contribution in [1.82, 2.24) is 30.6 Å². The Morgan fingerprint density at radius 1 is 0.600 bits per heavy atom. The highest BCUT2D eigenvalue weighted by molar-refractivity contribution is 7.80. The third kappa shape index (κ3) is 12.0. The van der Waals surface area contributed by atoms with E-state index in [1.54, 1.807) is 0 Å². The quantitative estimate of drug-likeness (QED) is 0.0413. The van der Waals surface area contributed by atoms with Crippen molar-refractivity contribution in [2.24, 2.45) is 0 Å². The Kier molecular flexibility index (Phi) is 17.2. The summed E-state index contributed by atoms with van der Waals surface area (Å²) in [5.41, 5.74) is 14.5. The molecule has 0 fully saturated rings. The van der Waals surface area contributed by atoms with E-state index in [0.29, 0.717) is 43.7 Å². The minimum atomic E-state index is -0.867. The summed E-state index contributed by atoms with van der Waals surface area (Å²) in [6, 6.07) is 8.14. The van der Waals surface area contributed by atoms with Gasteiger partial charge >= 0.3 is 5.97 Å². The number of rotatable bonds is 23. The summed E-state index contributed by atoms with van der Waals surface area (Å²) < 4.78 is 0. The molecule has 0 spiro atoms. The van der Waals surface area contributed by atoms with E-state index in [2.05, 4.69) is 73.2 Å². The van der Waals surface area contributed by atoms with Crippen LogP contribution in [0, 0.1) is 13.8 Å². The van der Waals surface area contributed by atoms with Gasteiger partial charge in [-0.1, -0.05) is 76.7 Å². The van der Waals surface area contributed by atoms with Crippen molar-refractivity contribution in [3.05, 3.63) is 82.5 Å². The van der Waals surface area contributed by atoms with Crippen molar-refractivity contribution >= 4 is 86.9 Å². The Morgan fingerprint density at radius 2 is 1.02 bits per heavy atom. The summed E-state index contributed by atoms with van der Waals surface area (Å²) in [5, 5.41) is 15.7. The first-order valence-corrected chi connectivity index (χ1v) is 22.4. The lowest BCUT2D eigenvalue weighted by Gasteiger charge is -2.08. The second kappa shape index (κ2) is 22.4. The molecule has 0 saturated heterocycles. The van der Waals surface area contributed by atoms with Crippen LogP contribution in [0.25, 0.3) is 56.5 Å². The normalized spacial score (nSPS) is 12.6. The monoisotopic (exact) mass is 832 g/mol. The molecule has 2 amide bonds. The number of unbranched alkanes of at least 4 members (excludes halogenated alkanes) is 9. The van der Waals surface area contributed by atoms with Gasteiger partial charge in [-0.3, -0.25) is 14.4 Å². The number of allylic oxidation sites excluding steroid dienone is 4. The number of aliphatic carboxylic acids is 1. The van der Waals surface area contributed by atoms with Gasteiger partial charge in [0.1, 0.15) is 0 Å². The number of aromatic amines is 2. The minimum Gasteiger partial charge on any atom is -0.481 e. The van der Waals surface area contributed by atoms with Crippen LogP contribution in [-0.2, 0) is 14.4 Å². The highest BCUT2D eigenvalue weighted by Gasteiger charge is 2.23. The number of hydrogen-bond acceptors (Lipinski definition) is 6. The molecule has 5 heterocycles. The van der Waals surface area contributed by atoms with Crippen LogP contribution in [-0.4, -0.2) is 61.7 Å². The third-order valence-corrected chi connectivity index (χ3v) is 12.0. The average molecular weight is 833 g/mol. The van der Waals surface area contributed by atoms with Gasteiger partial charge < -0.3 is 25.7 Å². The van der Waals surface area contributed by atoms with E-state index in [4.69, 9.17) is 9.97 Å². The van der Waals surface area contributed by atoms with Gasteiger partial charge in [0.25, 0.3) is 0 Å². The summed E-state index contributed by atoms with van der Waals surface area (Å²) in [7, 11) is 0. The number of carbonyl (C=O) groups is 3. The van der Waals surface area contributed by atoms with Crippen LogP contribution in [0.15, 0.2) is 37.4 Å². The lowest BCUT2D eigenvalue weighted by Crippen LogP contribution is -2.24. The zero-order chi connectivity index (χ0) is 43.2. The summed E-state index contributed by atoms with van der Waals surface area (Å²) in [4.78, 5) is 53.9. The molecule has 320 valence electrons. The molecule has 11 heteroatoms. The van der Waals surface area contributed by atoms with Gasteiger partial charge in [-0.2, -0.15) is 12.6 Å². The number of carbonyl (C=O) groups excluding carboxylic acids is 2. The van der Waals surface area contributed by atoms with Crippen molar-refractivity contribution in [3.8, 4) is 0 Å². The molecular formula is C49H64N6O4S. The molecule has 0 unspecified atom stereocenters. The maximum atomic E-state index is 13.2. The summed E-state index contributed by atoms with van der Waals surface area (Å²) in [6.07, 6.45) is 16.9. The van der Waals surface area contributed by atoms with Crippen LogP contribution in [0.5, 0.6) is 0 Å². The number of H-pyrrole nitrogens is 2. The lowest BCUT2D eigenvalue weighted by molar-refractivity contribution is -0.136. The van der Waals surface area contributed by atoms with E-state index in [9.17, 15) is 19.5 Å². The van der Waals surface area contributed by atoms with Crippen LogP contribution in [0.1, 0.15) is 155 Å². The second-order valence-corrected chi connectivity index (χ2v) is 16.5. The molecular weight excluding hydrogens is 769 g/mol. The average Bonchev–Trinajstić information content (AvgIpc) is 3.88. The van der Waals surface area contributed by atoms with Crippen LogP contribution >= 0.6 is 12.6 Å². The maximum absolute atomic E-state index is 13.2. The molecule has 2 aliphatic rings. The van der Waals surface area contributed by atoms with Gasteiger partial charge in [0, 0.05) is 65.5 Å². The number of carboxylic acids is 1. The number of aryl methyl sites for hydroxylation is 2. The van der Waals surface area contributed by atoms with Crippen molar-refractivity contribution < 1.29 is 19.5 Å². The summed E-state index contributed by atoms with van der Waals surface area (Å²) in [5.74, 6) is -0.170. The Labute approximate surface area is 361 Å². The first kappa shape index (κ1) is 45.9. The topological polar surface area (TPSA) is 153 Å². The number of hydrogen-bond donors (Lipinski definition) is 6. The van der Waals surface area contributed by atoms with Gasteiger partial charge in [0.05, 0.1) is 22.8 Å². The highest BCUT2D eigenvalue weighted by Crippen LogP contribution is 2.38. The van der Waals surface area contributed by atoms with E-state index in [1.807, 2.05) is 37.3 Å². The zero-order valence-corrected chi connectivity index (χ0v) is 37.0. The van der Waals surface area contributed by atoms with E-state index >= 15 is 0 Å². The fourth-order valence-corrected chi connectivity index (χ4v) is 8.37. The van der Waals surface area contributed by atoms with Gasteiger partial charge in [-0.25, -0.2) is 9.97 Å². The molecule has 0 saturated carbocycles. The van der Waals surface area contributed by atoms with Crippen LogP contribution < -0.4 is 10.6 Å². The third-order valence-electron chi connectivity index (χ3n) is 11.8. The highest BCUT2D eigenvalue weighted by atomic mass is 32.1. The number of fused-ring (bicyclic) bond motifs is 8. The van der Waals surface area contributed by atoms with Crippen molar-refractivity contribution in [1.29, 1.82) is 0 Å². The fourth-order valence-electron chi connectivity index (χ4n) is 8.17. The van der Waals surface area contributed by atoms with Crippen LogP contribution in [0.2, 0.25) is 0 Å². The number of nitrogens with zero attached hydrogens (tertiary/aromatic N) is 2. The van der Waals surface area contributed by atoms with E-state index < -0.39 is 5.97 Å². The molecule has 0 atom stereocenters. The standard InChI is InChI=1S/C49H64N6O4S/c1-7-35-31(3)39-27-40-34(6)38(20-22-49(58)59)46(54-40)30-45-37(33(5)42(55-45)29-44-36(8-2)32(4)41(53-44)28-43(35)52-39)19-21-47(56)50-24-17-15-13-11-9-10-12-14-16-18-25-51-48(57)23-26-60/h7-8,27-30,52-53,60H,1-2,9-26H2,3-6H3,(H,50,56)(H,51,57)(H,58,59). The Balaban J connectivity index is 1.29. The first-order valence-electron chi connectivity index (χ1n) is 21.7. The number of amides is 2. The van der Waals surface area contributed by atoms with E-state index in [-0.39, 0.29) is 18.2 Å². The lowest BCUT2D eigenvalue weighted by atomic mass is 9.98. The summed E-state index contributed by atoms with van der Waals surface area (Å²) in [6.45, 7) is 17.8. The first-order chi connectivity index (χ1) is 28.9. The maximum Gasteiger partial charge on any atom is 0.303 e. The second-order valence-electron chi connectivity index (χ2n) is 16.0. The number of aromatic nitrogens is 4. The van der Waals surface area contributed by atoms with Crippen molar-refractivity contribution in [2.75, 3.05) is 18.8 Å². The largest absolute Gasteiger partial charge is 0.481 e. The number of nitrogens with one attached hydrogen (secondary N) is 4. The molecule has 10 nitrogen and oxygen atoms in total. The molecule has 5 N–H and O–H groups in total. The molecule has 2 aliphatic heterocycles. The molecule has 0 aromatic carbocycles. The molecule has 3 aromatic rings. The predicted molar refractivity (Wildman–Crippen MR) is 252 cm³/mol. The molecule has 0 radical (unpaired) electrons. The van der Waals surface area contributed by atoms with Crippen molar-refractivity contribution in [3.63, 3.8) is 0 Å². The van der Waals surface area contributed by atoms with Crippen molar-refractivity contribution in [2.45, 2.75) is 124 Å². The minimum absolute atomic E-state index is 0.0153. The number of carboxylic acid groups (broad SMARTS) is 1. The van der Waals surface area contributed by atoms with Crippen LogP contribution in [0.4, 0.5) is 0 Å². The predicted octanol–water partition coefficient (Wildman–Crippen LogP) is 11.2. The van der Waals surface area contributed by atoms with Gasteiger partial charge in [-0.15, -0.1) is 0 Å². The smallest absolute Gasteiger partial charge is 0.303 e. The Morgan fingerprint density at radius 3 is 1.48 bits per heavy atom. The summed E-state index contributed by atoms with van der Waals surface area (Å²) >= 11 is 4.09. The van der Waals surface area contributed by atoms with Gasteiger partial charge in [0.15, 0.2) is 0 Å². The molecule has 0 aliphatic carbocycles. The fraction of sp³-hybridized carbons (Fsp3) is 0.449. The van der Waals surface area contributed by atoms with Crippen LogP contribution in [0.3, 0.4) is 0 Å². The molecule has 60 heavy (non-hydrogen) atoms. The SMILES string of the molecule is C=Cc1c(C)c2cc3[nH]c(cc4nc(cc5nc(cc1[nH]2)C(C)=C5CCC(=O)NCCCCCCCCCCCCNC(=O)CCS)C(CCC(=O)O)=C4C)c(C)c3C=C. The molecule has 3 aromatic heterocycles. The van der Waals surface area contributed by atoms with E-state index in [1.165, 1.54) is 38.5 Å². The van der Waals surface area contributed by atoms with Gasteiger partial charge in [0.2, 0.25) is 11.8 Å². The number of thiol groups is 1. The van der Waals surface area contributed by atoms with E-state index in [0.717, 1.165) is 116 Å². The molecule has 5 rings (SSSR count). The Bertz CT molecular complexity index is 2310. The van der Waals surface area contributed by atoms with Gasteiger partial charge in [-0.05, 0) is 117 Å². The Hall–Kier alpha value is -5.16. The zero-order valence-electron chi connectivity index (χ0n) is 36.1.